The van der Waals surface area contributed by atoms with E-state index >= 15 is 0 Å². The van der Waals surface area contributed by atoms with Crippen molar-refractivity contribution in [1.29, 1.82) is 0 Å². The molecular formula is C14H22O. The van der Waals surface area contributed by atoms with E-state index in [9.17, 15) is 0 Å². The van der Waals surface area contributed by atoms with Gasteiger partial charge in [0.05, 0.1) is 6.61 Å². The second kappa shape index (κ2) is 5.32. The molecule has 0 heterocycles. The van der Waals surface area contributed by atoms with Crippen molar-refractivity contribution < 1.29 is 4.74 Å². The van der Waals surface area contributed by atoms with Crippen molar-refractivity contribution in [1.82, 2.24) is 0 Å². The van der Waals surface area contributed by atoms with Gasteiger partial charge in [0, 0.05) is 7.11 Å². The molecule has 15 heavy (non-hydrogen) atoms. The first-order valence-corrected chi connectivity index (χ1v) is 5.68. The summed E-state index contributed by atoms with van der Waals surface area (Å²) in [4.78, 5) is 0. The van der Waals surface area contributed by atoms with Gasteiger partial charge in [-0.25, -0.2) is 0 Å². The zero-order valence-electron chi connectivity index (χ0n) is 10.5. The molecule has 0 aromatic heterocycles. The Morgan fingerprint density at radius 3 is 2.20 bits per heavy atom. The topological polar surface area (TPSA) is 9.23 Å². The van der Waals surface area contributed by atoms with Crippen molar-refractivity contribution in [2.24, 2.45) is 0 Å². The van der Waals surface area contributed by atoms with E-state index in [1.165, 1.54) is 16.7 Å². The second-order valence-corrected chi connectivity index (χ2v) is 4.66. The van der Waals surface area contributed by atoms with Gasteiger partial charge in [0.2, 0.25) is 0 Å². The lowest BCUT2D eigenvalue weighted by Gasteiger charge is -2.19. The van der Waals surface area contributed by atoms with Crippen LogP contribution in [0.5, 0.6) is 0 Å². The van der Waals surface area contributed by atoms with Crippen LogP contribution in [0.4, 0.5) is 0 Å². The highest BCUT2D eigenvalue weighted by Gasteiger charge is 2.13. The molecule has 0 radical (unpaired) electrons. The third kappa shape index (κ3) is 2.82. The quantitative estimate of drug-likeness (QED) is 0.721. The first-order valence-electron chi connectivity index (χ1n) is 5.68. The molecule has 0 spiro atoms. The van der Waals surface area contributed by atoms with Crippen LogP contribution >= 0.6 is 0 Å². The van der Waals surface area contributed by atoms with Crippen molar-refractivity contribution >= 4 is 0 Å². The van der Waals surface area contributed by atoms with Crippen molar-refractivity contribution in [3.63, 3.8) is 0 Å². The van der Waals surface area contributed by atoms with E-state index in [1.54, 1.807) is 7.11 Å². The van der Waals surface area contributed by atoms with Crippen LogP contribution in [-0.4, -0.2) is 7.11 Å². The van der Waals surface area contributed by atoms with Gasteiger partial charge in [-0.2, -0.15) is 0 Å². The zero-order chi connectivity index (χ0) is 11.4. The summed E-state index contributed by atoms with van der Waals surface area (Å²) in [6.45, 7) is 9.71. The minimum Gasteiger partial charge on any atom is -0.380 e. The van der Waals surface area contributed by atoms with Crippen LogP contribution in [0.2, 0.25) is 0 Å². The maximum atomic E-state index is 5.25. The molecule has 0 fully saturated rings. The number of hydrogen-bond donors (Lipinski definition) is 0. The third-order valence-electron chi connectivity index (χ3n) is 2.73. The Balaban J connectivity index is 3.22. The smallest absolute Gasteiger partial charge is 0.0715 e. The van der Waals surface area contributed by atoms with Crippen LogP contribution in [-0.2, 0) is 11.3 Å². The summed E-state index contributed by atoms with van der Waals surface area (Å²) < 4.78 is 5.25. The fourth-order valence-corrected chi connectivity index (χ4v) is 2.12. The Bertz CT molecular complexity index is 313. The summed E-state index contributed by atoms with van der Waals surface area (Å²) in [6.07, 6.45) is 0. The standard InChI is InChI=1S/C14H22O/c1-10(2)13-8-6-7-12(9-15-5)14(13)11(3)4/h6-8,10-11H,9H2,1-5H3. The maximum Gasteiger partial charge on any atom is 0.0715 e. The number of benzene rings is 1. The molecule has 0 unspecified atom stereocenters. The highest BCUT2D eigenvalue weighted by molar-refractivity contribution is 5.39. The molecular weight excluding hydrogens is 184 g/mol. The molecule has 1 aromatic rings. The Kier molecular flexibility index (Phi) is 4.34. The van der Waals surface area contributed by atoms with Gasteiger partial charge in [-0.15, -0.1) is 0 Å². The van der Waals surface area contributed by atoms with Gasteiger partial charge in [-0.05, 0) is 28.5 Å². The van der Waals surface area contributed by atoms with Crippen LogP contribution in [0, 0.1) is 0 Å². The minimum absolute atomic E-state index is 0.564. The van der Waals surface area contributed by atoms with Crippen molar-refractivity contribution in [2.75, 3.05) is 7.11 Å². The van der Waals surface area contributed by atoms with Crippen molar-refractivity contribution in [3.05, 3.63) is 34.9 Å². The van der Waals surface area contributed by atoms with Crippen LogP contribution in [0.15, 0.2) is 18.2 Å². The molecule has 0 saturated heterocycles. The SMILES string of the molecule is COCc1cccc(C(C)C)c1C(C)C. The normalized spacial score (nSPS) is 11.4. The van der Waals surface area contributed by atoms with Crippen molar-refractivity contribution in [2.45, 2.75) is 46.1 Å². The van der Waals surface area contributed by atoms with E-state index in [4.69, 9.17) is 4.74 Å². The largest absolute Gasteiger partial charge is 0.380 e. The lowest BCUT2D eigenvalue weighted by atomic mass is 9.87. The highest BCUT2D eigenvalue weighted by atomic mass is 16.5. The van der Waals surface area contributed by atoms with Crippen LogP contribution in [0.3, 0.4) is 0 Å². The van der Waals surface area contributed by atoms with E-state index < -0.39 is 0 Å². The fraction of sp³-hybridized carbons (Fsp3) is 0.571. The number of rotatable bonds is 4. The summed E-state index contributed by atoms with van der Waals surface area (Å²) in [5.74, 6) is 1.15. The summed E-state index contributed by atoms with van der Waals surface area (Å²) in [5.41, 5.74) is 4.26. The summed E-state index contributed by atoms with van der Waals surface area (Å²) in [5, 5.41) is 0. The number of hydrogen-bond acceptors (Lipinski definition) is 1. The van der Waals surface area contributed by atoms with Crippen LogP contribution in [0.1, 0.15) is 56.2 Å². The van der Waals surface area contributed by atoms with Gasteiger partial charge >= 0.3 is 0 Å². The summed E-state index contributed by atoms with van der Waals surface area (Å²) >= 11 is 0. The molecule has 0 bridgehead atoms. The van der Waals surface area contributed by atoms with Crippen LogP contribution < -0.4 is 0 Å². The number of ether oxygens (including phenoxy) is 1. The molecule has 1 aromatic carbocycles. The van der Waals surface area contributed by atoms with Gasteiger partial charge in [-0.3, -0.25) is 0 Å². The first kappa shape index (κ1) is 12.3. The Hall–Kier alpha value is -0.820. The molecule has 1 rings (SSSR count). The predicted molar refractivity (Wildman–Crippen MR) is 65.3 cm³/mol. The lowest BCUT2D eigenvalue weighted by Crippen LogP contribution is -2.04. The average Bonchev–Trinajstić information content (AvgIpc) is 2.17. The number of methoxy groups -OCH3 is 1. The Morgan fingerprint density at radius 1 is 1.07 bits per heavy atom. The third-order valence-corrected chi connectivity index (χ3v) is 2.73. The van der Waals surface area contributed by atoms with E-state index in [2.05, 4.69) is 45.9 Å². The van der Waals surface area contributed by atoms with Gasteiger partial charge in [0.15, 0.2) is 0 Å². The monoisotopic (exact) mass is 206 g/mol. The molecule has 1 nitrogen and oxygen atoms in total. The summed E-state index contributed by atoms with van der Waals surface area (Å²) in [6, 6.07) is 6.54. The molecule has 0 N–H and O–H groups in total. The molecule has 0 aliphatic carbocycles. The van der Waals surface area contributed by atoms with E-state index in [0.29, 0.717) is 18.4 Å². The predicted octanol–water partition coefficient (Wildman–Crippen LogP) is 4.08. The first-order chi connectivity index (χ1) is 7.07. The van der Waals surface area contributed by atoms with Crippen LogP contribution in [0.25, 0.3) is 0 Å². The minimum atomic E-state index is 0.564. The zero-order valence-corrected chi connectivity index (χ0v) is 10.5. The molecule has 1 heteroatoms. The Labute approximate surface area is 93.5 Å². The molecule has 0 saturated carbocycles. The van der Waals surface area contributed by atoms with Crippen molar-refractivity contribution in [3.8, 4) is 0 Å². The fourth-order valence-electron chi connectivity index (χ4n) is 2.12. The molecule has 0 atom stereocenters. The van der Waals surface area contributed by atoms with E-state index in [-0.39, 0.29) is 0 Å². The Morgan fingerprint density at radius 2 is 1.73 bits per heavy atom. The molecule has 84 valence electrons. The summed E-state index contributed by atoms with van der Waals surface area (Å²) in [7, 11) is 1.76. The maximum absolute atomic E-state index is 5.25. The van der Waals surface area contributed by atoms with Gasteiger partial charge in [-0.1, -0.05) is 45.9 Å². The molecule has 0 amide bonds. The highest BCUT2D eigenvalue weighted by Crippen LogP contribution is 2.29. The van der Waals surface area contributed by atoms with Gasteiger partial charge in [0.25, 0.3) is 0 Å². The van der Waals surface area contributed by atoms with E-state index in [1.807, 2.05) is 0 Å². The second-order valence-electron chi connectivity index (χ2n) is 4.66. The molecule has 0 aliphatic rings. The lowest BCUT2D eigenvalue weighted by molar-refractivity contribution is 0.184. The molecule has 0 aliphatic heterocycles. The van der Waals surface area contributed by atoms with Gasteiger partial charge < -0.3 is 4.74 Å². The van der Waals surface area contributed by atoms with Gasteiger partial charge in [0.1, 0.15) is 0 Å². The van der Waals surface area contributed by atoms with E-state index in [0.717, 1.165) is 0 Å². The average molecular weight is 206 g/mol.